The normalized spacial score (nSPS) is 11.6. The first-order chi connectivity index (χ1) is 14.8. The summed E-state index contributed by atoms with van der Waals surface area (Å²) in [6, 6.07) is 6.44. The van der Waals surface area contributed by atoms with E-state index in [0.29, 0.717) is 17.2 Å². The van der Waals surface area contributed by atoms with E-state index in [9.17, 15) is 22.7 Å². The number of benzene rings is 2. The van der Waals surface area contributed by atoms with Gasteiger partial charge in [0, 0.05) is 16.9 Å². The maximum atomic E-state index is 14.2. The molecule has 1 heterocycles. The van der Waals surface area contributed by atoms with Gasteiger partial charge in [0.05, 0.1) is 5.69 Å². The molecule has 5 nitrogen and oxygen atoms in total. The molecule has 3 rings (SSSR count). The molecule has 0 radical (unpaired) electrons. The Bertz CT molecular complexity index is 982. The molecule has 0 aliphatic rings. The molecule has 3 aromatic rings. The fourth-order valence-corrected chi connectivity index (χ4v) is 3.78. The second-order valence-electron chi connectivity index (χ2n) is 6.40. The van der Waals surface area contributed by atoms with Gasteiger partial charge in [-0.05, 0) is 37.0 Å². The first kappa shape index (κ1) is 24.4. The molecule has 1 aromatic heterocycles. The minimum atomic E-state index is -1.57. The zero-order chi connectivity index (χ0) is 23.1. The smallest absolute Gasteiger partial charge is 0.186 e. The number of aromatic hydroxyl groups is 1. The highest BCUT2D eigenvalue weighted by Gasteiger charge is 2.25. The van der Waals surface area contributed by atoms with Crippen molar-refractivity contribution in [3.63, 3.8) is 0 Å². The molecule has 0 saturated heterocycles. The SMILES string of the molecule is CC.NNc1c(F)c(F)c(CCCC(c2ccc(O)cc2)c2csc(N)n2)c(F)c1F. The van der Waals surface area contributed by atoms with Gasteiger partial charge in [-0.3, -0.25) is 5.84 Å². The fourth-order valence-electron chi connectivity index (χ4n) is 3.16. The van der Waals surface area contributed by atoms with Gasteiger partial charge < -0.3 is 16.3 Å². The molecule has 10 heteroatoms. The highest BCUT2D eigenvalue weighted by atomic mass is 32.1. The maximum Gasteiger partial charge on any atom is 0.186 e. The van der Waals surface area contributed by atoms with Crippen LogP contribution in [-0.4, -0.2) is 10.1 Å². The van der Waals surface area contributed by atoms with Crippen molar-refractivity contribution in [1.82, 2.24) is 4.98 Å². The van der Waals surface area contributed by atoms with Crippen molar-refractivity contribution in [2.75, 3.05) is 11.2 Å². The van der Waals surface area contributed by atoms with Gasteiger partial charge in [0.2, 0.25) is 0 Å². The molecule has 0 aliphatic heterocycles. The van der Waals surface area contributed by atoms with Gasteiger partial charge in [-0.25, -0.2) is 22.5 Å². The third-order valence-corrected chi connectivity index (χ3v) is 5.30. The van der Waals surface area contributed by atoms with E-state index >= 15 is 0 Å². The number of hydrazine groups is 1. The number of nitrogens with one attached hydrogen (secondary N) is 1. The molecule has 1 unspecified atom stereocenters. The second kappa shape index (κ2) is 11.0. The third kappa shape index (κ3) is 5.45. The summed E-state index contributed by atoms with van der Waals surface area (Å²) < 4.78 is 56.1. The standard InChI is InChI=1S/C19H18F4N4OS.C2H6/c20-14-12(15(21)17(23)18(27-25)16(14)22)3-1-2-11(13-8-29-19(24)26-13)9-4-6-10(28)7-5-9;1-2/h4-8,11,27-28H,1-3,25H2,(H2,24,26);1-2H3. The van der Waals surface area contributed by atoms with Gasteiger partial charge in [0.25, 0.3) is 0 Å². The summed E-state index contributed by atoms with van der Waals surface area (Å²) in [5, 5.41) is 11.6. The Morgan fingerprint density at radius 3 is 2.10 bits per heavy atom. The number of hydrogen-bond acceptors (Lipinski definition) is 6. The van der Waals surface area contributed by atoms with E-state index < -0.39 is 34.5 Å². The summed E-state index contributed by atoms with van der Waals surface area (Å²) in [5.74, 6) is -1.34. The predicted molar refractivity (Wildman–Crippen MR) is 115 cm³/mol. The molecule has 0 spiro atoms. The number of nitrogens with zero attached hydrogens (tertiary/aromatic N) is 1. The summed E-state index contributed by atoms with van der Waals surface area (Å²) >= 11 is 1.25. The molecule has 0 aliphatic carbocycles. The molecule has 0 amide bonds. The van der Waals surface area contributed by atoms with E-state index in [1.807, 2.05) is 13.8 Å². The van der Waals surface area contributed by atoms with Crippen molar-refractivity contribution in [3.05, 3.63) is 69.7 Å². The molecule has 0 saturated carbocycles. The Morgan fingerprint density at radius 2 is 1.61 bits per heavy atom. The van der Waals surface area contributed by atoms with Crippen molar-refractivity contribution >= 4 is 22.2 Å². The van der Waals surface area contributed by atoms with Crippen LogP contribution in [0.15, 0.2) is 29.6 Å². The van der Waals surface area contributed by atoms with Gasteiger partial charge in [-0.1, -0.05) is 26.0 Å². The Labute approximate surface area is 181 Å². The Kier molecular flexibility index (Phi) is 8.64. The lowest BCUT2D eigenvalue weighted by molar-refractivity contribution is 0.439. The third-order valence-electron chi connectivity index (χ3n) is 4.61. The van der Waals surface area contributed by atoms with Crippen LogP contribution in [0.1, 0.15) is 49.4 Å². The predicted octanol–water partition coefficient (Wildman–Crippen LogP) is 5.45. The number of halogens is 4. The van der Waals surface area contributed by atoms with Gasteiger partial charge in [-0.15, -0.1) is 11.3 Å². The van der Waals surface area contributed by atoms with Crippen molar-refractivity contribution in [3.8, 4) is 5.75 Å². The van der Waals surface area contributed by atoms with E-state index in [1.165, 1.54) is 23.5 Å². The average molecular weight is 457 g/mol. The lowest BCUT2D eigenvalue weighted by Gasteiger charge is -2.16. The van der Waals surface area contributed by atoms with Crippen LogP contribution >= 0.6 is 11.3 Å². The fraction of sp³-hybridized carbons (Fsp3) is 0.286. The van der Waals surface area contributed by atoms with Crippen molar-refractivity contribution in [2.45, 2.75) is 39.0 Å². The Hall–Kier alpha value is -2.85. The van der Waals surface area contributed by atoms with Crippen LogP contribution in [0, 0.1) is 23.3 Å². The maximum absolute atomic E-state index is 14.2. The first-order valence-corrected chi connectivity index (χ1v) is 10.5. The lowest BCUT2D eigenvalue weighted by Crippen LogP contribution is -2.15. The minimum Gasteiger partial charge on any atom is -0.508 e. The number of phenolic OH excluding ortho intramolecular Hbond substituents is 1. The van der Waals surface area contributed by atoms with Crippen molar-refractivity contribution in [2.24, 2.45) is 5.84 Å². The quantitative estimate of drug-likeness (QED) is 0.164. The van der Waals surface area contributed by atoms with Crippen LogP contribution in [-0.2, 0) is 6.42 Å². The van der Waals surface area contributed by atoms with E-state index in [2.05, 4.69) is 4.98 Å². The molecule has 0 fully saturated rings. The number of nitrogens with two attached hydrogens (primary N) is 2. The van der Waals surface area contributed by atoms with Crippen molar-refractivity contribution in [1.29, 1.82) is 0 Å². The van der Waals surface area contributed by atoms with Crippen LogP contribution in [0.5, 0.6) is 5.75 Å². The summed E-state index contributed by atoms with van der Waals surface area (Å²) in [6.45, 7) is 4.00. The van der Waals surface area contributed by atoms with Crippen molar-refractivity contribution < 1.29 is 22.7 Å². The number of rotatable bonds is 7. The van der Waals surface area contributed by atoms with Crippen LogP contribution < -0.4 is 17.0 Å². The number of aromatic nitrogens is 1. The summed E-state index contributed by atoms with van der Waals surface area (Å²) in [4.78, 5) is 4.26. The molecule has 31 heavy (non-hydrogen) atoms. The topological polar surface area (TPSA) is 97.2 Å². The molecule has 168 valence electrons. The number of phenols is 1. The van der Waals surface area contributed by atoms with Crippen LogP contribution in [0.2, 0.25) is 0 Å². The van der Waals surface area contributed by atoms with E-state index in [0.717, 1.165) is 5.56 Å². The largest absolute Gasteiger partial charge is 0.508 e. The highest BCUT2D eigenvalue weighted by molar-refractivity contribution is 7.13. The molecular weight excluding hydrogens is 432 g/mol. The van der Waals surface area contributed by atoms with Crippen LogP contribution in [0.4, 0.5) is 28.4 Å². The van der Waals surface area contributed by atoms with E-state index in [4.69, 9.17) is 11.6 Å². The second-order valence-corrected chi connectivity index (χ2v) is 7.29. The molecule has 0 bridgehead atoms. The van der Waals surface area contributed by atoms with Gasteiger partial charge >= 0.3 is 0 Å². The number of nitrogen functional groups attached to an aromatic ring is 2. The monoisotopic (exact) mass is 456 g/mol. The van der Waals surface area contributed by atoms with Gasteiger partial charge in [-0.2, -0.15) is 0 Å². The number of anilines is 2. The highest BCUT2D eigenvalue weighted by Crippen LogP contribution is 2.34. The van der Waals surface area contributed by atoms with Gasteiger partial charge in [0.15, 0.2) is 28.4 Å². The molecule has 1 atom stereocenters. The average Bonchev–Trinajstić information content (AvgIpc) is 3.20. The first-order valence-electron chi connectivity index (χ1n) is 9.64. The van der Waals surface area contributed by atoms with Gasteiger partial charge in [0.1, 0.15) is 11.4 Å². The number of thiazole rings is 1. The number of hydrogen-bond donors (Lipinski definition) is 4. The Balaban J connectivity index is 0.00000166. The van der Waals surface area contributed by atoms with Crippen LogP contribution in [0.3, 0.4) is 0 Å². The summed E-state index contributed by atoms with van der Waals surface area (Å²) in [5.41, 5.74) is 7.08. The molecule has 6 N–H and O–H groups in total. The molecular formula is C21H24F4N4OS. The minimum absolute atomic E-state index is 0.0917. The molecule has 2 aromatic carbocycles. The lowest BCUT2D eigenvalue weighted by atomic mass is 9.90. The summed E-state index contributed by atoms with van der Waals surface area (Å²) in [7, 11) is 0. The van der Waals surface area contributed by atoms with E-state index in [1.54, 1.807) is 22.9 Å². The van der Waals surface area contributed by atoms with Crippen LogP contribution in [0.25, 0.3) is 0 Å². The van der Waals surface area contributed by atoms with E-state index in [-0.39, 0.29) is 24.5 Å². The summed E-state index contributed by atoms with van der Waals surface area (Å²) in [6.07, 6.45) is 0.364. The zero-order valence-electron chi connectivity index (χ0n) is 17.1. The Morgan fingerprint density at radius 1 is 1.03 bits per heavy atom. The zero-order valence-corrected chi connectivity index (χ0v) is 17.9.